The molecule has 1 fully saturated rings. The Kier molecular flexibility index (Phi) is 3.98. The summed E-state index contributed by atoms with van der Waals surface area (Å²) in [5.41, 5.74) is 2.45. The van der Waals surface area contributed by atoms with E-state index in [1.165, 1.54) is 24.5 Å². The molecule has 0 aliphatic heterocycles. The van der Waals surface area contributed by atoms with Crippen LogP contribution in [0.3, 0.4) is 0 Å². The molecule has 1 saturated carbocycles. The van der Waals surface area contributed by atoms with Crippen molar-refractivity contribution in [2.75, 3.05) is 13.1 Å². The van der Waals surface area contributed by atoms with E-state index in [2.05, 4.69) is 11.4 Å². The fraction of sp³-hybridized carbons (Fsp3) is 0.533. The summed E-state index contributed by atoms with van der Waals surface area (Å²) in [6.07, 6.45) is 3.91. The van der Waals surface area contributed by atoms with Crippen molar-refractivity contribution in [3.63, 3.8) is 0 Å². The molecule has 0 amide bonds. The van der Waals surface area contributed by atoms with Crippen LogP contribution >= 0.6 is 0 Å². The molecule has 0 atom stereocenters. The number of hydrogen-bond donors (Lipinski definition) is 1. The molecule has 96 valence electrons. The quantitative estimate of drug-likeness (QED) is 0.783. The van der Waals surface area contributed by atoms with Gasteiger partial charge in [0.25, 0.3) is 0 Å². The first-order valence-electron chi connectivity index (χ1n) is 6.48. The van der Waals surface area contributed by atoms with Crippen molar-refractivity contribution in [2.24, 2.45) is 5.41 Å². The maximum Gasteiger partial charge on any atom is 0.123 e. The zero-order valence-electron chi connectivity index (χ0n) is 10.8. The van der Waals surface area contributed by atoms with E-state index in [1.807, 2.05) is 13.0 Å². The minimum atomic E-state index is -0.171. The minimum Gasteiger partial charge on any atom is -0.316 e. The van der Waals surface area contributed by atoms with Gasteiger partial charge in [0, 0.05) is 13.0 Å². The van der Waals surface area contributed by atoms with Crippen molar-refractivity contribution >= 4 is 0 Å². The fourth-order valence-electron chi connectivity index (χ4n) is 2.28. The number of halogens is 1. The second-order valence-electron chi connectivity index (χ2n) is 5.33. The molecule has 0 spiro atoms. The van der Waals surface area contributed by atoms with Gasteiger partial charge in [-0.1, -0.05) is 6.07 Å². The molecule has 0 saturated heterocycles. The monoisotopic (exact) mass is 246 g/mol. The molecule has 0 radical (unpaired) electrons. The Morgan fingerprint density at radius 2 is 2.22 bits per heavy atom. The third-order valence-electron chi connectivity index (χ3n) is 3.79. The number of benzene rings is 1. The maximum atomic E-state index is 12.9. The molecule has 1 N–H and O–H groups in total. The van der Waals surface area contributed by atoms with Crippen molar-refractivity contribution in [1.82, 2.24) is 5.32 Å². The van der Waals surface area contributed by atoms with Crippen LogP contribution in [-0.2, 0) is 6.42 Å². The van der Waals surface area contributed by atoms with Gasteiger partial charge in [-0.25, -0.2) is 4.39 Å². The van der Waals surface area contributed by atoms with Crippen LogP contribution in [0.5, 0.6) is 0 Å². The second kappa shape index (κ2) is 5.49. The lowest BCUT2D eigenvalue weighted by Gasteiger charge is -2.12. The number of rotatable bonds is 6. The first-order chi connectivity index (χ1) is 8.65. The lowest BCUT2D eigenvalue weighted by atomic mass is 10.0. The molecule has 1 aromatic carbocycles. The molecule has 1 aliphatic carbocycles. The Morgan fingerprint density at radius 3 is 2.83 bits per heavy atom. The van der Waals surface area contributed by atoms with Gasteiger partial charge in [0.05, 0.1) is 6.07 Å². The summed E-state index contributed by atoms with van der Waals surface area (Å²) in [4.78, 5) is 0. The Labute approximate surface area is 108 Å². The average Bonchev–Trinajstić information content (AvgIpc) is 3.08. The summed E-state index contributed by atoms with van der Waals surface area (Å²) >= 11 is 0. The summed E-state index contributed by atoms with van der Waals surface area (Å²) in [7, 11) is 0. The molecule has 3 heteroatoms. The lowest BCUT2D eigenvalue weighted by Crippen LogP contribution is -2.26. The largest absolute Gasteiger partial charge is 0.316 e. The molecule has 1 aliphatic rings. The molecule has 1 aromatic rings. The standard InChI is InChI=1S/C15H19FN2/c1-12-10-14(16)3-2-13(12)4-9-18-11-15(5-6-15)7-8-17/h2-3,10,18H,4-7,9,11H2,1H3. The van der Waals surface area contributed by atoms with Gasteiger partial charge < -0.3 is 5.32 Å². The highest BCUT2D eigenvalue weighted by Gasteiger charge is 2.41. The highest BCUT2D eigenvalue weighted by Crippen LogP contribution is 2.47. The first-order valence-corrected chi connectivity index (χ1v) is 6.48. The van der Waals surface area contributed by atoms with Gasteiger partial charge in [0.15, 0.2) is 0 Å². The smallest absolute Gasteiger partial charge is 0.123 e. The average molecular weight is 246 g/mol. The molecule has 18 heavy (non-hydrogen) atoms. The predicted molar refractivity (Wildman–Crippen MR) is 69.6 cm³/mol. The van der Waals surface area contributed by atoms with Crippen molar-refractivity contribution in [1.29, 1.82) is 5.26 Å². The van der Waals surface area contributed by atoms with Crippen LogP contribution in [0.25, 0.3) is 0 Å². The van der Waals surface area contributed by atoms with Gasteiger partial charge in [0.1, 0.15) is 5.82 Å². The number of nitrogens with zero attached hydrogens (tertiary/aromatic N) is 1. The van der Waals surface area contributed by atoms with Crippen LogP contribution in [0.2, 0.25) is 0 Å². The summed E-state index contributed by atoms with van der Waals surface area (Å²) in [5.74, 6) is -0.171. The SMILES string of the molecule is Cc1cc(F)ccc1CCNCC1(CC#N)CC1. The van der Waals surface area contributed by atoms with Crippen LogP contribution in [0.4, 0.5) is 4.39 Å². The molecule has 0 unspecified atom stereocenters. The Hall–Kier alpha value is -1.40. The number of nitrogens with one attached hydrogen (secondary N) is 1. The van der Waals surface area contributed by atoms with Crippen LogP contribution in [-0.4, -0.2) is 13.1 Å². The molecule has 0 heterocycles. The fourth-order valence-corrected chi connectivity index (χ4v) is 2.28. The predicted octanol–water partition coefficient (Wildman–Crippen LogP) is 2.96. The number of hydrogen-bond acceptors (Lipinski definition) is 2. The zero-order chi connectivity index (χ0) is 13.0. The Morgan fingerprint density at radius 1 is 1.44 bits per heavy atom. The van der Waals surface area contributed by atoms with Crippen molar-refractivity contribution in [2.45, 2.75) is 32.6 Å². The van der Waals surface area contributed by atoms with E-state index in [0.29, 0.717) is 6.42 Å². The van der Waals surface area contributed by atoms with E-state index >= 15 is 0 Å². The van der Waals surface area contributed by atoms with Crippen molar-refractivity contribution < 1.29 is 4.39 Å². The third kappa shape index (κ3) is 3.30. The minimum absolute atomic E-state index is 0.171. The normalized spacial score (nSPS) is 16.3. The van der Waals surface area contributed by atoms with E-state index in [9.17, 15) is 4.39 Å². The van der Waals surface area contributed by atoms with Crippen LogP contribution < -0.4 is 5.32 Å². The number of nitriles is 1. The number of aryl methyl sites for hydroxylation is 1. The third-order valence-corrected chi connectivity index (χ3v) is 3.79. The molecule has 2 rings (SSSR count). The topological polar surface area (TPSA) is 35.8 Å². The van der Waals surface area contributed by atoms with E-state index in [1.54, 1.807) is 6.07 Å². The van der Waals surface area contributed by atoms with E-state index < -0.39 is 0 Å². The van der Waals surface area contributed by atoms with Gasteiger partial charge in [0.2, 0.25) is 0 Å². The molecule has 0 bridgehead atoms. The van der Waals surface area contributed by atoms with Crippen LogP contribution in [0.15, 0.2) is 18.2 Å². The van der Waals surface area contributed by atoms with Gasteiger partial charge in [-0.2, -0.15) is 5.26 Å². The maximum absolute atomic E-state index is 12.9. The van der Waals surface area contributed by atoms with E-state index in [4.69, 9.17) is 5.26 Å². The molecular formula is C15H19FN2. The van der Waals surface area contributed by atoms with Crippen molar-refractivity contribution in [3.05, 3.63) is 35.1 Å². The highest BCUT2D eigenvalue weighted by molar-refractivity contribution is 5.26. The highest BCUT2D eigenvalue weighted by atomic mass is 19.1. The second-order valence-corrected chi connectivity index (χ2v) is 5.33. The molecular weight excluding hydrogens is 227 g/mol. The van der Waals surface area contributed by atoms with Crippen molar-refractivity contribution in [3.8, 4) is 6.07 Å². The summed E-state index contributed by atoms with van der Waals surface area (Å²) in [6, 6.07) is 7.21. The van der Waals surface area contributed by atoms with E-state index in [-0.39, 0.29) is 11.2 Å². The lowest BCUT2D eigenvalue weighted by molar-refractivity contribution is 0.469. The Balaban J connectivity index is 1.74. The molecule has 0 aromatic heterocycles. The Bertz CT molecular complexity index is 458. The summed E-state index contributed by atoms with van der Waals surface area (Å²) in [6.45, 7) is 3.76. The first kappa shape index (κ1) is 13.0. The summed E-state index contributed by atoms with van der Waals surface area (Å²) in [5, 5.41) is 12.1. The van der Waals surface area contributed by atoms with Crippen LogP contribution in [0.1, 0.15) is 30.4 Å². The molecule has 2 nitrogen and oxygen atoms in total. The van der Waals surface area contributed by atoms with E-state index in [0.717, 1.165) is 25.1 Å². The van der Waals surface area contributed by atoms with Gasteiger partial charge in [-0.3, -0.25) is 0 Å². The van der Waals surface area contributed by atoms with Gasteiger partial charge in [-0.05, 0) is 61.4 Å². The summed E-state index contributed by atoms with van der Waals surface area (Å²) < 4.78 is 12.9. The van der Waals surface area contributed by atoms with Gasteiger partial charge >= 0.3 is 0 Å². The van der Waals surface area contributed by atoms with Crippen LogP contribution in [0, 0.1) is 29.5 Å². The van der Waals surface area contributed by atoms with Gasteiger partial charge in [-0.15, -0.1) is 0 Å². The zero-order valence-corrected chi connectivity index (χ0v) is 10.8.